The Morgan fingerprint density at radius 3 is 2.63 bits per heavy atom. The lowest BCUT2D eigenvalue weighted by Gasteiger charge is -2.09. The third-order valence-electron chi connectivity index (χ3n) is 5.97. The molecular weight excluding hydrogens is 445 g/mol. The Morgan fingerprint density at radius 2 is 1.86 bits per heavy atom. The maximum Gasteiger partial charge on any atom is 0.251 e. The minimum absolute atomic E-state index is 0.159. The highest BCUT2D eigenvalue weighted by molar-refractivity contribution is 6.13. The molecule has 0 atom stereocenters. The number of amides is 1. The molecule has 0 spiro atoms. The van der Waals surface area contributed by atoms with Gasteiger partial charge in [-0.25, -0.2) is 9.37 Å². The monoisotopic (exact) mass is 469 g/mol. The molecule has 35 heavy (non-hydrogen) atoms. The van der Waals surface area contributed by atoms with E-state index in [2.05, 4.69) is 25.3 Å². The predicted molar refractivity (Wildman–Crippen MR) is 133 cm³/mol. The van der Waals surface area contributed by atoms with Gasteiger partial charge in [-0.05, 0) is 55.2 Å². The van der Waals surface area contributed by atoms with E-state index in [4.69, 9.17) is 5.11 Å². The van der Waals surface area contributed by atoms with Crippen molar-refractivity contribution in [2.24, 2.45) is 0 Å². The van der Waals surface area contributed by atoms with Crippen molar-refractivity contribution in [2.45, 2.75) is 19.3 Å². The number of H-pyrrole nitrogens is 1. The third-order valence-corrected chi connectivity index (χ3v) is 5.97. The maximum atomic E-state index is 15.2. The molecule has 0 aliphatic heterocycles. The van der Waals surface area contributed by atoms with Crippen LogP contribution >= 0.6 is 0 Å². The highest BCUT2D eigenvalue weighted by Crippen LogP contribution is 2.36. The zero-order chi connectivity index (χ0) is 24.2. The van der Waals surface area contributed by atoms with E-state index in [1.54, 1.807) is 42.9 Å². The second-order valence-corrected chi connectivity index (χ2v) is 8.30. The van der Waals surface area contributed by atoms with E-state index in [1.165, 1.54) is 6.20 Å². The fraction of sp³-hybridized carbons (Fsp3) is 0.185. The van der Waals surface area contributed by atoms with Crippen LogP contribution in [0.3, 0.4) is 0 Å². The predicted octanol–water partition coefficient (Wildman–Crippen LogP) is 4.87. The van der Waals surface area contributed by atoms with E-state index in [0.717, 1.165) is 41.4 Å². The zero-order valence-corrected chi connectivity index (χ0v) is 19.0. The smallest absolute Gasteiger partial charge is 0.251 e. The summed E-state index contributed by atoms with van der Waals surface area (Å²) in [5.41, 5.74) is 4.48. The molecule has 0 saturated carbocycles. The summed E-state index contributed by atoms with van der Waals surface area (Å²) in [6, 6.07) is 12.6. The molecule has 1 aromatic carbocycles. The summed E-state index contributed by atoms with van der Waals surface area (Å²) in [7, 11) is 0. The number of hydrogen-bond donors (Lipinski definition) is 3. The van der Waals surface area contributed by atoms with Gasteiger partial charge in [-0.2, -0.15) is 0 Å². The highest BCUT2D eigenvalue weighted by Gasteiger charge is 2.18. The number of aliphatic hydroxyl groups is 1. The Balaban J connectivity index is 1.50. The van der Waals surface area contributed by atoms with E-state index >= 15 is 4.39 Å². The first-order valence-corrected chi connectivity index (χ1v) is 11.5. The van der Waals surface area contributed by atoms with Crippen LogP contribution in [0.25, 0.3) is 44.3 Å². The minimum atomic E-state index is -0.445. The molecule has 5 rings (SSSR count). The zero-order valence-electron chi connectivity index (χ0n) is 19.0. The van der Waals surface area contributed by atoms with Crippen LogP contribution in [0, 0.1) is 5.82 Å². The van der Waals surface area contributed by atoms with Crippen molar-refractivity contribution in [1.29, 1.82) is 0 Å². The summed E-state index contributed by atoms with van der Waals surface area (Å²) in [5.74, 6) is -0.626. The van der Waals surface area contributed by atoms with Gasteiger partial charge in [0.05, 0.1) is 23.6 Å². The largest absolute Gasteiger partial charge is 0.396 e. The van der Waals surface area contributed by atoms with E-state index in [9.17, 15) is 4.79 Å². The number of rotatable bonds is 8. The number of nitrogens with zero attached hydrogens (tertiary/aromatic N) is 3. The van der Waals surface area contributed by atoms with Gasteiger partial charge in [0.15, 0.2) is 0 Å². The number of nitrogens with one attached hydrogen (secondary N) is 2. The van der Waals surface area contributed by atoms with Gasteiger partial charge in [-0.15, -0.1) is 0 Å². The van der Waals surface area contributed by atoms with Gasteiger partial charge in [-0.3, -0.25) is 14.8 Å². The van der Waals surface area contributed by atoms with E-state index in [-0.39, 0.29) is 12.5 Å². The summed E-state index contributed by atoms with van der Waals surface area (Å²) < 4.78 is 15.2. The molecule has 7 nitrogen and oxygen atoms in total. The summed E-state index contributed by atoms with van der Waals surface area (Å²) in [4.78, 5) is 28.6. The molecule has 0 aliphatic carbocycles. The van der Waals surface area contributed by atoms with Crippen molar-refractivity contribution in [3.8, 4) is 22.4 Å². The summed E-state index contributed by atoms with van der Waals surface area (Å²) in [6.07, 6.45) is 8.75. The molecular formula is C27H24FN5O2. The van der Waals surface area contributed by atoms with Crippen molar-refractivity contribution in [3.63, 3.8) is 0 Å². The number of hydrogen-bond acceptors (Lipinski definition) is 5. The molecule has 0 aliphatic rings. The number of carbonyl (C=O) groups is 1. The van der Waals surface area contributed by atoms with Crippen LogP contribution in [0.1, 0.15) is 29.6 Å². The van der Waals surface area contributed by atoms with Gasteiger partial charge in [-0.1, -0.05) is 12.1 Å². The molecule has 8 heteroatoms. The van der Waals surface area contributed by atoms with Crippen molar-refractivity contribution in [2.75, 3.05) is 13.2 Å². The Bertz CT molecular complexity index is 1480. The van der Waals surface area contributed by atoms with Gasteiger partial charge in [0, 0.05) is 53.0 Å². The van der Waals surface area contributed by atoms with E-state index in [1.807, 2.05) is 18.2 Å². The van der Waals surface area contributed by atoms with Crippen molar-refractivity contribution < 1.29 is 14.3 Å². The van der Waals surface area contributed by atoms with Crippen LogP contribution in [-0.2, 0) is 0 Å². The number of unbranched alkanes of at least 4 members (excludes halogenated alkanes) is 2. The molecule has 1 amide bonds. The van der Waals surface area contributed by atoms with Gasteiger partial charge in [0.1, 0.15) is 11.5 Å². The lowest BCUT2D eigenvalue weighted by molar-refractivity contribution is 0.0953. The van der Waals surface area contributed by atoms with Crippen LogP contribution in [-0.4, -0.2) is 44.1 Å². The fourth-order valence-electron chi connectivity index (χ4n) is 4.19. The highest BCUT2D eigenvalue weighted by atomic mass is 19.1. The lowest BCUT2D eigenvalue weighted by atomic mass is 9.99. The first-order chi connectivity index (χ1) is 17.2. The summed E-state index contributed by atoms with van der Waals surface area (Å²) in [6.45, 7) is 0.703. The fourth-order valence-corrected chi connectivity index (χ4v) is 4.19. The Hall–Kier alpha value is -4.17. The van der Waals surface area contributed by atoms with Crippen LogP contribution in [0.2, 0.25) is 0 Å². The topological polar surface area (TPSA) is 104 Å². The van der Waals surface area contributed by atoms with Crippen LogP contribution in [0.5, 0.6) is 0 Å². The molecule has 5 aromatic rings. The van der Waals surface area contributed by atoms with Crippen LogP contribution in [0.4, 0.5) is 4.39 Å². The molecule has 0 fully saturated rings. The molecule has 4 heterocycles. The number of aliphatic hydroxyl groups excluding tert-OH is 1. The van der Waals surface area contributed by atoms with Gasteiger partial charge in [0.25, 0.3) is 5.91 Å². The molecule has 4 aromatic heterocycles. The molecule has 0 saturated heterocycles. The maximum absolute atomic E-state index is 15.2. The molecule has 176 valence electrons. The summed E-state index contributed by atoms with van der Waals surface area (Å²) in [5, 5.41) is 13.2. The Labute approximate surface area is 201 Å². The van der Waals surface area contributed by atoms with E-state index < -0.39 is 5.82 Å². The van der Waals surface area contributed by atoms with Gasteiger partial charge in [0.2, 0.25) is 0 Å². The van der Waals surface area contributed by atoms with Crippen LogP contribution < -0.4 is 5.32 Å². The molecule has 0 radical (unpaired) electrons. The van der Waals surface area contributed by atoms with Crippen molar-refractivity contribution >= 4 is 27.8 Å². The van der Waals surface area contributed by atoms with Gasteiger partial charge >= 0.3 is 0 Å². The number of aromatic nitrogens is 4. The van der Waals surface area contributed by atoms with Gasteiger partial charge < -0.3 is 15.4 Å². The molecule has 0 unspecified atom stereocenters. The van der Waals surface area contributed by atoms with Crippen molar-refractivity contribution in [3.05, 3.63) is 78.6 Å². The Morgan fingerprint density at radius 1 is 1.00 bits per heavy atom. The standard InChI is InChI=1S/C27H24FN5O2/c28-21-15-32-26-25(20-13-22(31-16-23(20)33-26)19-5-4-10-29-14-19)24(21)17-6-8-18(9-7-17)27(35)30-11-2-1-3-12-34/h4-10,13-16,34H,1-3,11-12H2,(H,30,35)(H,32,33). The minimum Gasteiger partial charge on any atom is -0.396 e. The number of aromatic amines is 1. The first kappa shape index (κ1) is 22.6. The first-order valence-electron chi connectivity index (χ1n) is 11.5. The second-order valence-electron chi connectivity index (χ2n) is 8.30. The number of benzene rings is 1. The lowest BCUT2D eigenvalue weighted by Crippen LogP contribution is -2.24. The molecule has 0 bridgehead atoms. The number of pyridine rings is 3. The second kappa shape index (κ2) is 9.99. The van der Waals surface area contributed by atoms with Crippen LogP contribution in [0.15, 0.2) is 67.3 Å². The van der Waals surface area contributed by atoms with E-state index in [0.29, 0.717) is 34.3 Å². The average molecular weight is 470 g/mol. The average Bonchev–Trinajstić information content (AvgIpc) is 3.27. The quantitative estimate of drug-likeness (QED) is 0.281. The normalized spacial score (nSPS) is 11.3. The number of fused-ring (bicyclic) bond motifs is 3. The molecule has 3 N–H and O–H groups in total. The third kappa shape index (κ3) is 4.61. The van der Waals surface area contributed by atoms with Crippen molar-refractivity contribution in [1.82, 2.24) is 25.3 Å². The summed E-state index contributed by atoms with van der Waals surface area (Å²) >= 11 is 0. The number of carbonyl (C=O) groups excluding carboxylic acids is 1. The Kier molecular flexibility index (Phi) is 6.45. The number of halogens is 1. The SMILES string of the molecule is O=C(NCCCCCO)c1ccc(-c2c(F)cnc3[nH]c4cnc(-c5cccnc5)cc4c23)cc1.